The number of para-hydroxylation sites is 2. The van der Waals surface area contributed by atoms with Crippen molar-refractivity contribution >= 4 is 31.8 Å². The van der Waals surface area contributed by atoms with E-state index in [2.05, 4.69) is 19.9 Å². The number of hydrogen-bond acceptors (Lipinski definition) is 14. The molecule has 323 valence electrons. The number of hydrogen-bond donors (Lipinski definition) is 0. The van der Waals surface area contributed by atoms with Gasteiger partial charge in [-0.15, -0.1) is 0 Å². The Kier molecular flexibility index (Phi) is 23.0. The molecule has 0 aliphatic heterocycles. The zero-order valence-corrected chi connectivity index (χ0v) is 33.5. The van der Waals surface area contributed by atoms with Crippen LogP contribution in [0.5, 0.6) is 11.5 Å². The van der Waals surface area contributed by atoms with E-state index in [0.717, 1.165) is 22.8 Å². The quantitative estimate of drug-likeness (QED) is 0.0670. The average Bonchev–Trinajstić information content (AvgIpc) is 3.13. The Bertz CT molecular complexity index is 1970. The van der Waals surface area contributed by atoms with Gasteiger partial charge in [0.1, 0.15) is 11.6 Å². The molecule has 0 saturated carbocycles. The SMILES string of the molecule is CC(C)=O.CC(C)=O.O=S(=O)([O-])C(F)(F)F.O=S(=O)([O-])C(F)(F)F.[Cu+2].c1ccc(C(Oc2ccccc2OC(c2ccccn2)c2ccccn2)c2ccccn2)nc1. The number of nitrogens with zero attached hydrogens (tertiary/aromatic N) is 4. The first kappa shape index (κ1) is 53.7. The van der Waals surface area contributed by atoms with E-state index < -0.39 is 43.5 Å². The van der Waals surface area contributed by atoms with E-state index in [0.29, 0.717) is 11.5 Å². The van der Waals surface area contributed by atoms with Gasteiger partial charge in [-0.25, -0.2) is 16.8 Å². The van der Waals surface area contributed by atoms with E-state index >= 15 is 0 Å². The monoisotopic (exact) mass is 923 g/mol. The van der Waals surface area contributed by atoms with Crippen LogP contribution >= 0.6 is 0 Å². The molecule has 14 nitrogen and oxygen atoms in total. The van der Waals surface area contributed by atoms with E-state index in [1.54, 1.807) is 24.8 Å². The summed E-state index contributed by atoms with van der Waals surface area (Å²) in [5.74, 6) is 1.47. The molecule has 4 aromatic heterocycles. The molecule has 4 heterocycles. The molecule has 0 atom stereocenters. The third-order valence-electron chi connectivity index (χ3n) is 5.73. The molecule has 0 bridgehead atoms. The van der Waals surface area contributed by atoms with Crippen molar-refractivity contribution in [2.45, 2.75) is 50.9 Å². The molecule has 0 aliphatic rings. The first-order valence-corrected chi connectivity index (χ1v) is 18.7. The average molecular weight is 924 g/mol. The number of aromatic nitrogens is 4. The van der Waals surface area contributed by atoms with Crippen molar-refractivity contribution in [3.05, 3.63) is 145 Å². The molecule has 5 aromatic rings. The predicted molar refractivity (Wildman–Crippen MR) is 193 cm³/mol. The van der Waals surface area contributed by atoms with Crippen LogP contribution in [-0.2, 0) is 46.9 Å². The molecule has 0 spiro atoms. The van der Waals surface area contributed by atoms with Gasteiger partial charge in [0, 0.05) is 24.8 Å². The van der Waals surface area contributed by atoms with E-state index in [9.17, 15) is 35.9 Å². The maximum atomic E-state index is 10.7. The molecular weight excluding hydrogens is 890 g/mol. The van der Waals surface area contributed by atoms with E-state index in [1.165, 1.54) is 27.7 Å². The van der Waals surface area contributed by atoms with Crippen molar-refractivity contribution in [2.24, 2.45) is 0 Å². The minimum absolute atomic E-state index is 0. The molecule has 0 N–H and O–H groups in total. The van der Waals surface area contributed by atoms with Crippen LogP contribution in [-0.4, -0.2) is 68.5 Å². The molecule has 59 heavy (non-hydrogen) atoms. The Labute approximate surface area is 346 Å². The number of halogens is 6. The smallest absolute Gasteiger partial charge is 0.741 e. The predicted octanol–water partition coefficient (Wildman–Crippen LogP) is 6.89. The van der Waals surface area contributed by atoms with Gasteiger partial charge < -0.3 is 28.2 Å². The van der Waals surface area contributed by atoms with Crippen molar-refractivity contribution < 1.29 is 88.4 Å². The van der Waals surface area contributed by atoms with Gasteiger partial charge in [0.15, 0.2) is 43.9 Å². The summed E-state index contributed by atoms with van der Waals surface area (Å²) in [6.45, 7) is 6.11. The van der Waals surface area contributed by atoms with Gasteiger partial charge in [0.25, 0.3) is 0 Å². The third kappa shape index (κ3) is 21.3. The summed E-state index contributed by atoms with van der Waals surface area (Å²) < 4.78 is 131. The summed E-state index contributed by atoms with van der Waals surface area (Å²) in [4.78, 5) is 36.9. The molecule has 1 aromatic carbocycles. The normalized spacial score (nSPS) is 10.9. The minimum atomic E-state index is -6.09. The van der Waals surface area contributed by atoms with Gasteiger partial charge >= 0.3 is 28.1 Å². The zero-order chi connectivity index (χ0) is 44.2. The van der Waals surface area contributed by atoms with Crippen LogP contribution in [0.1, 0.15) is 62.7 Å². The van der Waals surface area contributed by atoms with Crippen molar-refractivity contribution in [3.63, 3.8) is 0 Å². The molecule has 1 radical (unpaired) electrons. The summed E-state index contributed by atoms with van der Waals surface area (Å²) in [5.41, 5.74) is -8.28. The Hall–Kier alpha value is -5.32. The second kappa shape index (κ2) is 25.2. The number of carbonyl (C=O) groups is 2. The second-order valence-electron chi connectivity index (χ2n) is 11.1. The van der Waals surface area contributed by atoms with Gasteiger partial charge in [-0.1, -0.05) is 36.4 Å². The fraction of sp³-hybridized carbons (Fsp3) is 0.222. The van der Waals surface area contributed by atoms with Crippen LogP contribution in [0.15, 0.2) is 122 Å². The molecule has 0 amide bonds. The van der Waals surface area contributed by atoms with Gasteiger partial charge in [0.2, 0.25) is 0 Å². The number of ether oxygens (including phenoxy) is 2. The Morgan fingerprint density at radius 1 is 0.492 bits per heavy atom. The number of Topliss-reactive ketones (excluding diaryl/α,β-unsaturated/α-hetero) is 2. The minimum Gasteiger partial charge on any atom is -0.741 e. The van der Waals surface area contributed by atoms with Crippen LogP contribution in [0, 0.1) is 0 Å². The standard InChI is InChI=1S/C28H22N4O2.2C3H6O.2CHF3O3S.Cu/c1-2-16-26(34-28(23-13-5-9-19-31-23)24-14-6-10-20-32-24)25(15-1)33-27(21-11-3-7-17-29-21)22-12-4-8-18-30-22;2*1-3(2)4;2*2-1(3,4)8(5,6)7;/h1-20,27-28H;2*1-2H3;2*(H,5,6,7);/q;;;;;+2/p-2. The van der Waals surface area contributed by atoms with Crippen LogP contribution in [0.3, 0.4) is 0 Å². The molecule has 0 fully saturated rings. The van der Waals surface area contributed by atoms with Crippen LogP contribution in [0.2, 0.25) is 0 Å². The summed E-state index contributed by atoms with van der Waals surface area (Å²) in [5, 5.41) is 0. The summed E-state index contributed by atoms with van der Waals surface area (Å²) >= 11 is 0. The number of alkyl halides is 6. The zero-order valence-electron chi connectivity index (χ0n) is 31.0. The van der Waals surface area contributed by atoms with Gasteiger partial charge in [-0.3, -0.25) is 19.9 Å². The Morgan fingerprint density at radius 3 is 0.831 bits per heavy atom. The fourth-order valence-corrected chi connectivity index (χ4v) is 3.57. The van der Waals surface area contributed by atoms with Crippen molar-refractivity contribution in [1.82, 2.24) is 19.9 Å². The maximum absolute atomic E-state index is 10.7. The molecule has 5 rings (SSSR count). The number of carbonyl (C=O) groups excluding carboxylic acids is 2. The number of rotatable bonds is 8. The summed E-state index contributed by atoms with van der Waals surface area (Å²) in [6.07, 6.45) is 5.97. The summed E-state index contributed by atoms with van der Waals surface area (Å²) in [7, 11) is -12.2. The van der Waals surface area contributed by atoms with Gasteiger partial charge in [0.05, 0.1) is 22.8 Å². The molecular formula is C36H34CuF6N4O10S2. The van der Waals surface area contributed by atoms with Crippen molar-refractivity contribution in [3.8, 4) is 11.5 Å². The van der Waals surface area contributed by atoms with Crippen molar-refractivity contribution in [1.29, 1.82) is 0 Å². The number of pyridine rings is 4. The van der Waals surface area contributed by atoms with Gasteiger partial charge in [-0.05, 0) is 88.4 Å². The molecule has 0 aliphatic carbocycles. The first-order valence-electron chi connectivity index (χ1n) is 15.9. The maximum Gasteiger partial charge on any atom is 2.00 e. The van der Waals surface area contributed by atoms with Crippen LogP contribution in [0.4, 0.5) is 26.3 Å². The summed E-state index contributed by atoms with van der Waals surface area (Å²) in [6, 6.07) is 30.5. The number of ketones is 2. The van der Waals surface area contributed by atoms with Crippen molar-refractivity contribution in [2.75, 3.05) is 0 Å². The van der Waals surface area contributed by atoms with Crippen LogP contribution < -0.4 is 9.47 Å². The molecule has 23 heteroatoms. The molecule has 0 unspecified atom stereocenters. The van der Waals surface area contributed by atoms with E-state index in [-0.39, 0.29) is 28.6 Å². The van der Waals surface area contributed by atoms with E-state index in [1.807, 2.05) is 97.1 Å². The topological polar surface area (TPSA) is 219 Å². The second-order valence-corrected chi connectivity index (χ2v) is 13.8. The van der Waals surface area contributed by atoms with Gasteiger partial charge in [-0.2, -0.15) is 26.3 Å². The largest absolute Gasteiger partial charge is 2.00 e. The third-order valence-corrected chi connectivity index (χ3v) is 6.87. The number of benzene rings is 1. The fourth-order valence-electron chi connectivity index (χ4n) is 3.57. The Balaban J connectivity index is 0.00000110. The Morgan fingerprint density at radius 2 is 0.678 bits per heavy atom. The van der Waals surface area contributed by atoms with Crippen LogP contribution in [0.25, 0.3) is 0 Å². The first-order chi connectivity index (χ1) is 26.8. The van der Waals surface area contributed by atoms with E-state index in [4.69, 9.17) is 35.4 Å². The molecule has 0 saturated heterocycles.